The highest BCUT2D eigenvalue weighted by molar-refractivity contribution is 8.18. The highest BCUT2D eigenvalue weighted by Crippen LogP contribution is 2.34. The van der Waals surface area contributed by atoms with Gasteiger partial charge in [-0.05, 0) is 53.7 Å². The standard InChI is InChI=1S/C20H15Cl2FN2O4S/c21-15-3-1-2-12(18(15)22)10-16-19(27)25(20(28)30-16)9-8-24-17(26)11-29-14-6-4-13(23)5-7-14/h1-7,10H,8-9,11H2,(H,24,26)/b16-10-. The lowest BCUT2D eigenvalue weighted by molar-refractivity contribution is -0.125. The van der Waals surface area contributed by atoms with Gasteiger partial charge in [0.25, 0.3) is 17.1 Å². The molecule has 1 saturated heterocycles. The maximum Gasteiger partial charge on any atom is 0.293 e. The van der Waals surface area contributed by atoms with Crippen molar-refractivity contribution in [2.75, 3.05) is 19.7 Å². The second-order valence-electron chi connectivity index (χ2n) is 6.07. The molecule has 3 rings (SSSR count). The van der Waals surface area contributed by atoms with Crippen molar-refractivity contribution in [1.82, 2.24) is 10.2 Å². The van der Waals surface area contributed by atoms with Crippen LogP contribution in [0.1, 0.15) is 5.56 Å². The fraction of sp³-hybridized carbons (Fsp3) is 0.150. The van der Waals surface area contributed by atoms with E-state index < -0.39 is 22.9 Å². The lowest BCUT2D eigenvalue weighted by Gasteiger charge is -2.13. The van der Waals surface area contributed by atoms with Gasteiger partial charge in [-0.3, -0.25) is 19.3 Å². The molecule has 1 N–H and O–H groups in total. The highest BCUT2D eigenvalue weighted by Gasteiger charge is 2.34. The fourth-order valence-corrected chi connectivity index (χ4v) is 3.72. The molecule has 6 nitrogen and oxygen atoms in total. The number of rotatable bonds is 7. The summed E-state index contributed by atoms with van der Waals surface area (Å²) in [6.07, 6.45) is 1.51. The molecule has 1 aliphatic rings. The minimum atomic E-state index is -0.474. The Morgan fingerprint density at radius 2 is 1.90 bits per heavy atom. The molecule has 0 radical (unpaired) electrons. The van der Waals surface area contributed by atoms with Crippen LogP contribution in [0.2, 0.25) is 10.0 Å². The third-order valence-electron chi connectivity index (χ3n) is 3.98. The van der Waals surface area contributed by atoms with E-state index in [2.05, 4.69) is 5.32 Å². The van der Waals surface area contributed by atoms with E-state index in [1.54, 1.807) is 18.2 Å². The second-order valence-corrected chi connectivity index (χ2v) is 7.85. The van der Waals surface area contributed by atoms with Crippen LogP contribution in [0, 0.1) is 5.82 Å². The quantitative estimate of drug-likeness (QED) is 0.610. The molecule has 0 bridgehead atoms. The summed E-state index contributed by atoms with van der Waals surface area (Å²) in [5.74, 6) is -0.969. The van der Waals surface area contributed by atoms with Gasteiger partial charge < -0.3 is 10.1 Å². The molecule has 0 spiro atoms. The topological polar surface area (TPSA) is 75.7 Å². The Morgan fingerprint density at radius 3 is 2.63 bits per heavy atom. The summed E-state index contributed by atoms with van der Waals surface area (Å²) in [7, 11) is 0. The molecule has 1 heterocycles. The van der Waals surface area contributed by atoms with Crippen LogP contribution in [0.3, 0.4) is 0 Å². The lowest BCUT2D eigenvalue weighted by Crippen LogP contribution is -2.38. The number of benzene rings is 2. The van der Waals surface area contributed by atoms with Crippen molar-refractivity contribution in [3.63, 3.8) is 0 Å². The van der Waals surface area contributed by atoms with Crippen LogP contribution in [-0.4, -0.2) is 41.6 Å². The lowest BCUT2D eigenvalue weighted by atomic mass is 10.2. The van der Waals surface area contributed by atoms with Crippen LogP contribution >= 0.6 is 35.0 Å². The van der Waals surface area contributed by atoms with E-state index in [-0.39, 0.29) is 24.6 Å². The molecule has 0 atom stereocenters. The number of thioether (sulfide) groups is 1. The number of halogens is 3. The number of imide groups is 1. The van der Waals surface area contributed by atoms with Gasteiger partial charge in [0, 0.05) is 13.1 Å². The molecule has 0 aliphatic carbocycles. The average Bonchev–Trinajstić information content (AvgIpc) is 2.98. The number of carbonyl (C=O) groups excluding carboxylic acids is 3. The molecule has 3 amide bonds. The van der Waals surface area contributed by atoms with Crippen LogP contribution in [0.5, 0.6) is 5.75 Å². The van der Waals surface area contributed by atoms with Crippen molar-refractivity contribution in [2.24, 2.45) is 0 Å². The third kappa shape index (κ3) is 5.53. The van der Waals surface area contributed by atoms with Crippen molar-refractivity contribution in [3.05, 3.63) is 68.8 Å². The number of hydrogen-bond donors (Lipinski definition) is 1. The first-order valence-electron chi connectivity index (χ1n) is 8.69. The molecule has 30 heavy (non-hydrogen) atoms. The summed E-state index contributed by atoms with van der Waals surface area (Å²) in [6, 6.07) is 10.2. The average molecular weight is 469 g/mol. The Labute approximate surface area is 186 Å². The molecule has 0 aromatic heterocycles. The minimum absolute atomic E-state index is 0.00751. The number of amides is 3. The summed E-state index contributed by atoms with van der Waals surface area (Å²) in [5, 5.41) is 2.75. The Bertz CT molecular complexity index is 1010. The molecule has 0 saturated carbocycles. The monoisotopic (exact) mass is 468 g/mol. The molecule has 0 unspecified atom stereocenters. The molecule has 1 fully saturated rings. The van der Waals surface area contributed by atoms with Gasteiger partial charge in [0.1, 0.15) is 11.6 Å². The highest BCUT2D eigenvalue weighted by atomic mass is 35.5. The Hall–Kier alpha value is -2.55. The smallest absolute Gasteiger partial charge is 0.293 e. The number of ether oxygens (including phenoxy) is 1. The Balaban J connectivity index is 1.50. The van der Waals surface area contributed by atoms with E-state index >= 15 is 0 Å². The minimum Gasteiger partial charge on any atom is -0.484 e. The molecule has 2 aromatic carbocycles. The number of carbonyl (C=O) groups is 3. The summed E-state index contributed by atoms with van der Waals surface area (Å²) in [4.78, 5) is 37.8. The maximum absolute atomic E-state index is 12.8. The molecule has 156 valence electrons. The van der Waals surface area contributed by atoms with E-state index in [9.17, 15) is 18.8 Å². The fourth-order valence-electron chi connectivity index (χ4n) is 2.50. The van der Waals surface area contributed by atoms with Gasteiger partial charge in [0.05, 0.1) is 15.0 Å². The van der Waals surface area contributed by atoms with Gasteiger partial charge in [-0.25, -0.2) is 4.39 Å². The predicted molar refractivity (Wildman–Crippen MR) is 114 cm³/mol. The van der Waals surface area contributed by atoms with Crippen LogP contribution in [0.4, 0.5) is 9.18 Å². The van der Waals surface area contributed by atoms with Gasteiger partial charge in [0.2, 0.25) is 0 Å². The first-order chi connectivity index (χ1) is 14.3. The van der Waals surface area contributed by atoms with Crippen molar-refractivity contribution in [3.8, 4) is 5.75 Å². The van der Waals surface area contributed by atoms with Gasteiger partial charge in [-0.15, -0.1) is 0 Å². The second kappa shape index (κ2) is 9.97. The van der Waals surface area contributed by atoms with Crippen LogP contribution in [-0.2, 0) is 9.59 Å². The summed E-state index contributed by atoms with van der Waals surface area (Å²) in [5.41, 5.74) is 0.529. The zero-order valence-corrected chi connectivity index (χ0v) is 17.7. The van der Waals surface area contributed by atoms with E-state index in [1.807, 2.05) is 0 Å². The molecular weight excluding hydrogens is 454 g/mol. The summed E-state index contributed by atoms with van der Waals surface area (Å²) < 4.78 is 18.1. The van der Waals surface area contributed by atoms with Gasteiger partial charge in [-0.1, -0.05) is 35.3 Å². The van der Waals surface area contributed by atoms with Gasteiger partial charge >= 0.3 is 0 Å². The number of nitrogens with zero attached hydrogens (tertiary/aromatic N) is 1. The molecular formula is C20H15Cl2FN2O4S. The number of hydrogen-bond acceptors (Lipinski definition) is 5. The first kappa shape index (κ1) is 22.1. The van der Waals surface area contributed by atoms with Crippen LogP contribution in [0.15, 0.2) is 47.4 Å². The van der Waals surface area contributed by atoms with E-state index in [0.29, 0.717) is 21.4 Å². The van der Waals surface area contributed by atoms with Crippen LogP contribution < -0.4 is 10.1 Å². The maximum atomic E-state index is 12.8. The van der Waals surface area contributed by atoms with Crippen molar-refractivity contribution >= 4 is 58.1 Å². The summed E-state index contributed by atoms with van der Waals surface area (Å²) in [6.45, 7) is -0.205. The largest absolute Gasteiger partial charge is 0.484 e. The summed E-state index contributed by atoms with van der Waals surface area (Å²) >= 11 is 12.9. The zero-order chi connectivity index (χ0) is 21.7. The third-order valence-corrected chi connectivity index (χ3v) is 5.72. The normalized spacial score (nSPS) is 15.0. The van der Waals surface area contributed by atoms with E-state index in [4.69, 9.17) is 27.9 Å². The Morgan fingerprint density at radius 1 is 1.17 bits per heavy atom. The van der Waals surface area contributed by atoms with Gasteiger partial charge in [-0.2, -0.15) is 0 Å². The Kier molecular flexibility index (Phi) is 7.36. The SMILES string of the molecule is O=C(COc1ccc(F)cc1)NCCN1C(=O)S/C(=C\c2cccc(Cl)c2Cl)C1=O. The molecule has 10 heteroatoms. The molecule has 2 aromatic rings. The molecule has 1 aliphatic heterocycles. The zero-order valence-electron chi connectivity index (χ0n) is 15.4. The van der Waals surface area contributed by atoms with Crippen molar-refractivity contribution < 1.29 is 23.5 Å². The first-order valence-corrected chi connectivity index (χ1v) is 10.3. The van der Waals surface area contributed by atoms with E-state index in [1.165, 1.54) is 30.3 Å². The van der Waals surface area contributed by atoms with E-state index in [0.717, 1.165) is 16.7 Å². The van der Waals surface area contributed by atoms with Crippen LogP contribution in [0.25, 0.3) is 6.08 Å². The van der Waals surface area contributed by atoms with Gasteiger partial charge in [0.15, 0.2) is 6.61 Å². The predicted octanol–water partition coefficient (Wildman–Crippen LogP) is 4.36. The van der Waals surface area contributed by atoms with Crippen molar-refractivity contribution in [2.45, 2.75) is 0 Å². The van der Waals surface area contributed by atoms with Crippen molar-refractivity contribution in [1.29, 1.82) is 0 Å². The number of nitrogens with one attached hydrogen (secondary N) is 1.